The number of rotatable bonds is 2. The average molecular weight is 212 g/mol. The van der Waals surface area contributed by atoms with E-state index in [1.54, 1.807) is 11.3 Å². The maximum Gasteiger partial charge on any atom is 0.0795 e. The van der Waals surface area contributed by atoms with Gasteiger partial charge in [0.05, 0.1) is 17.3 Å². The molecule has 4 heteroatoms. The van der Waals surface area contributed by atoms with E-state index in [4.69, 9.17) is 0 Å². The summed E-state index contributed by atoms with van der Waals surface area (Å²) in [7, 11) is 0. The molecule has 1 unspecified atom stereocenters. The van der Waals surface area contributed by atoms with Gasteiger partial charge in [-0.2, -0.15) is 0 Å². The van der Waals surface area contributed by atoms with Gasteiger partial charge < -0.3 is 5.11 Å². The summed E-state index contributed by atoms with van der Waals surface area (Å²) >= 11 is 1.62. The molecule has 2 heterocycles. The predicted octanol–water partition coefficient (Wildman–Crippen LogP) is 1.49. The Hall–Kier alpha value is -0.450. The molecule has 1 aromatic heterocycles. The Balaban J connectivity index is 2.06. The van der Waals surface area contributed by atoms with E-state index < -0.39 is 0 Å². The average Bonchev–Trinajstić information content (AvgIpc) is 2.70. The molecule has 0 spiro atoms. The Morgan fingerprint density at radius 2 is 2.50 bits per heavy atom. The van der Waals surface area contributed by atoms with Crippen molar-refractivity contribution >= 4 is 11.3 Å². The molecule has 0 aliphatic carbocycles. The second-order valence-corrected chi connectivity index (χ2v) is 5.08. The molecule has 14 heavy (non-hydrogen) atoms. The van der Waals surface area contributed by atoms with E-state index in [0.717, 1.165) is 25.2 Å². The molecular weight excluding hydrogens is 196 g/mol. The van der Waals surface area contributed by atoms with Gasteiger partial charge in [0.25, 0.3) is 0 Å². The summed E-state index contributed by atoms with van der Waals surface area (Å²) in [6.07, 6.45) is 0.665. The minimum absolute atomic E-state index is 0.108. The predicted molar refractivity (Wildman–Crippen MR) is 57.2 cm³/mol. The molecule has 0 radical (unpaired) electrons. The maximum absolute atomic E-state index is 9.80. The van der Waals surface area contributed by atoms with Crippen molar-refractivity contribution in [1.82, 2.24) is 9.88 Å². The van der Waals surface area contributed by atoms with E-state index >= 15 is 0 Å². The van der Waals surface area contributed by atoms with E-state index in [0.29, 0.717) is 0 Å². The molecule has 1 fully saturated rings. The zero-order valence-electron chi connectivity index (χ0n) is 8.60. The Bertz CT molecular complexity index is 297. The van der Waals surface area contributed by atoms with Crippen molar-refractivity contribution in [2.24, 2.45) is 0 Å². The molecule has 0 aromatic carbocycles. The van der Waals surface area contributed by atoms with Gasteiger partial charge in [0.15, 0.2) is 0 Å². The van der Waals surface area contributed by atoms with E-state index in [2.05, 4.69) is 29.1 Å². The van der Waals surface area contributed by atoms with Gasteiger partial charge in [0, 0.05) is 24.0 Å². The topological polar surface area (TPSA) is 36.4 Å². The van der Waals surface area contributed by atoms with Gasteiger partial charge in [0.1, 0.15) is 0 Å². The highest BCUT2D eigenvalue weighted by molar-refractivity contribution is 7.07. The van der Waals surface area contributed by atoms with Crippen LogP contribution in [0.4, 0.5) is 0 Å². The lowest BCUT2D eigenvalue weighted by Crippen LogP contribution is -2.44. The number of hydrogen-bond donors (Lipinski definition) is 1. The fraction of sp³-hybridized carbons (Fsp3) is 0.700. The standard InChI is InChI=1S/C10H16N2OS/c1-10(2)9(13)3-4-12(10)5-8-6-14-7-11-8/h6-7,9,13H,3-5H2,1-2H3. The summed E-state index contributed by atoms with van der Waals surface area (Å²) in [6.45, 7) is 6.01. The molecule has 0 bridgehead atoms. The molecule has 3 nitrogen and oxygen atoms in total. The van der Waals surface area contributed by atoms with Gasteiger partial charge in [-0.25, -0.2) is 4.98 Å². The van der Waals surface area contributed by atoms with Crippen LogP contribution < -0.4 is 0 Å². The van der Waals surface area contributed by atoms with Crippen molar-refractivity contribution in [2.75, 3.05) is 6.54 Å². The molecule has 1 N–H and O–H groups in total. The first-order valence-corrected chi connectivity index (χ1v) is 5.85. The normalized spacial score (nSPS) is 26.9. The third-order valence-electron chi connectivity index (χ3n) is 3.14. The molecule has 0 saturated carbocycles. The first-order chi connectivity index (χ1) is 6.60. The summed E-state index contributed by atoms with van der Waals surface area (Å²) < 4.78 is 0. The van der Waals surface area contributed by atoms with Gasteiger partial charge in [-0.1, -0.05) is 0 Å². The Morgan fingerprint density at radius 3 is 3.00 bits per heavy atom. The van der Waals surface area contributed by atoms with E-state index in [9.17, 15) is 5.11 Å². The van der Waals surface area contributed by atoms with Crippen LogP contribution in [0.3, 0.4) is 0 Å². The number of aromatic nitrogens is 1. The molecule has 1 aliphatic rings. The SMILES string of the molecule is CC1(C)C(O)CCN1Cc1cscn1. The van der Waals surface area contributed by atoms with E-state index in [-0.39, 0.29) is 11.6 Å². The molecular formula is C10H16N2OS. The van der Waals surface area contributed by atoms with E-state index in [1.165, 1.54) is 0 Å². The summed E-state index contributed by atoms with van der Waals surface area (Å²) in [5.74, 6) is 0. The van der Waals surface area contributed by atoms with Crippen LogP contribution in [0, 0.1) is 0 Å². The number of aliphatic hydroxyl groups excluding tert-OH is 1. The molecule has 1 atom stereocenters. The van der Waals surface area contributed by atoms with Crippen LogP contribution in [-0.2, 0) is 6.54 Å². The van der Waals surface area contributed by atoms with Crippen LogP contribution in [-0.4, -0.2) is 33.2 Å². The third-order valence-corrected chi connectivity index (χ3v) is 3.77. The lowest BCUT2D eigenvalue weighted by atomic mass is 9.99. The minimum atomic E-state index is -0.207. The summed E-state index contributed by atoms with van der Waals surface area (Å²) in [5, 5.41) is 11.9. The summed E-state index contributed by atoms with van der Waals surface area (Å²) in [6, 6.07) is 0. The minimum Gasteiger partial charge on any atom is -0.391 e. The highest BCUT2D eigenvalue weighted by Gasteiger charge is 2.39. The van der Waals surface area contributed by atoms with Crippen molar-refractivity contribution in [3.8, 4) is 0 Å². The zero-order chi connectivity index (χ0) is 10.2. The first kappa shape index (κ1) is 10.1. The van der Waals surface area contributed by atoms with Gasteiger partial charge in [-0.15, -0.1) is 11.3 Å². The van der Waals surface area contributed by atoms with Gasteiger partial charge in [0.2, 0.25) is 0 Å². The van der Waals surface area contributed by atoms with Crippen LogP contribution in [0.15, 0.2) is 10.9 Å². The number of nitrogens with zero attached hydrogens (tertiary/aromatic N) is 2. The molecule has 1 aliphatic heterocycles. The second-order valence-electron chi connectivity index (χ2n) is 4.36. The van der Waals surface area contributed by atoms with Crippen LogP contribution in [0.1, 0.15) is 26.0 Å². The lowest BCUT2D eigenvalue weighted by molar-refractivity contribution is 0.0501. The lowest BCUT2D eigenvalue weighted by Gasteiger charge is -2.33. The van der Waals surface area contributed by atoms with Crippen molar-refractivity contribution < 1.29 is 5.11 Å². The molecule has 0 amide bonds. The first-order valence-electron chi connectivity index (χ1n) is 4.91. The summed E-state index contributed by atoms with van der Waals surface area (Å²) in [4.78, 5) is 6.56. The molecule has 1 aromatic rings. The molecule has 78 valence electrons. The van der Waals surface area contributed by atoms with Gasteiger partial charge in [-0.05, 0) is 20.3 Å². The second kappa shape index (κ2) is 3.61. The van der Waals surface area contributed by atoms with Crippen LogP contribution in [0.5, 0.6) is 0 Å². The monoisotopic (exact) mass is 212 g/mol. The molecule has 1 saturated heterocycles. The number of hydrogen-bond acceptors (Lipinski definition) is 4. The van der Waals surface area contributed by atoms with Crippen molar-refractivity contribution in [3.63, 3.8) is 0 Å². The van der Waals surface area contributed by atoms with Crippen LogP contribution in [0.25, 0.3) is 0 Å². The van der Waals surface area contributed by atoms with Crippen LogP contribution >= 0.6 is 11.3 Å². The Morgan fingerprint density at radius 1 is 1.71 bits per heavy atom. The highest BCUT2D eigenvalue weighted by atomic mass is 32.1. The number of aliphatic hydroxyl groups is 1. The highest BCUT2D eigenvalue weighted by Crippen LogP contribution is 2.30. The fourth-order valence-electron chi connectivity index (χ4n) is 1.92. The van der Waals surface area contributed by atoms with Gasteiger partial charge >= 0.3 is 0 Å². The maximum atomic E-state index is 9.80. The summed E-state index contributed by atoms with van der Waals surface area (Å²) in [5.41, 5.74) is 2.86. The Labute approximate surface area is 88.4 Å². The zero-order valence-corrected chi connectivity index (χ0v) is 9.42. The van der Waals surface area contributed by atoms with Crippen molar-refractivity contribution in [2.45, 2.75) is 38.5 Å². The number of thiazole rings is 1. The quantitative estimate of drug-likeness (QED) is 0.807. The fourth-order valence-corrected chi connectivity index (χ4v) is 2.47. The van der Waals surface area contributed by atoms with Gasteiger partial charge in [-0.3, -0.25) is 4.90 Å². The molecule has 2 rings (SSSR count). The Kier molecular flexibility index (Phi) is 2.60. The van der Waals surface area contributed by atoms with Crippen LogP contribution in [0.2, 0.25) is 0 Å². The number of likely N-dealkylation sites (tertiary alicyclic amines) is 1. The van der Waals surface area contributed by atoms with Crippen molar-refractivity contribution in [1.29, 1.82) is 0 Å². The largest absolute Gasteiger partial charge is 0.391 e. The van der Waals surface area contributed by atoms with Crippen molar-refractivity contribution in [3.05, 3.63) is 16.6 Å². The third kappa shape index (κ3) is 1.69. The smallest absolute Gasteiger partial charge is 0.0795 e. The van der Waals surface area contributed by atoms with E-state index in [1.807, 2.05) is 5.51 Å².